The summed E-state index contributed by atoms with van der Waals surface area (Å²) in [5.74, 6) is 0.117. The van der Waals surface area contributed by atoms with Crippen LogP contribution in [0.25, 0.3) is 5.69 Å². The Labute approximate surface area is 186 Å². The zero-order valence-corrected chi connectivity index (χ0v) is 19.3. The van der Waals surface area contributed by atoms with Crippen LogP contribution in [0.15, 0.2) is 30.5 Å². The maximum Gasteiger partial charge on any atom is 0.257 e. The van der Waals surface area contributed by atoms with E-state index < -0.39 is 0 Å². The molecular weight excluding hydrogens is 398 g/mol. The van der Waals surface area contributed by atoms with Crippen LogP contribution in [0.3, 0.4) is 0 Å². The lowest BCUT2D eigenvalue weighted by molar-refractivity contribution is 0.0771. The normalized spacial score (nSPS) is 20.3. The lowest BCUT2D eigenvalue weighted by Gasteiger charge is -2.32. The van der Waals surface area contributed by atoms with E-state index >= 15 is 0 Å². The van der Waals surface area contributed by atoms with Crippen LogP contribution in [0.1, 0.15) is 48.8 Å². The minimum atomic E-state index is -0.196. The summed E-state index contributed by atoms with van der Waals surface area (Å²) in [6.45, 7) is 14.3. The van der Waals surface area contributed by atoms with Gasteiger partial charge in [-0.1, -0.05) is 38.5 Å². The number of carbonyl (C=O) groups excluding carboxylic acids is 1. The van der Waals surface area contributed by atoms with Crippen molar-refractivity contribution in [1.82, 2.24) is 24.9 Å². The molecule has 0 radical (unpaired) electrons. The van der Waals surface area contributed by atoms with Gasteiger partial charge in [0.05, 0.1) is 16.9 Å². The van der Waals surface area contributed by atoms with Crippen LogP contribution in [0.2, 0.25) is 0 Å². The van der Waals surface area contributed by atoms with Gasteiger partial charge in [0.15, 0.2) is 0 Å². The minimum absolute atomic E-state index is 0. The number of amides is 1. The molecule has 164 valence electrons. The zero-order valence-electron chi connectivity index (χ0n) is 18.5. The number of carbonyl (C=O) groups is 1. The van der Waals surface area contributed by atoms with Crippen molar-refractivity contribution < 1.29 is 4.79 Å². The maximum atomic E-state index is 13.5. The Morgan fingerprint density at radius 2 is 1.77 bits per heavy atom. The largest absolute Gasteiger partial charge is 0.337 e. The first-order chi connectivity index (χ1) is 13.8. The summed E-state index contributed by atoms with van der Waals surface area (Å²) in [6.07, 6.45) is 2.98. The van der Waals surface area contributed by atoms with Gasteiger partial charge < -0.3 is 10.2 Å². The maximum absolute atomic E-state index is 13.5. The first-order valence-corrected chi connectivity index (χ1v) is 10.7. The van der Waals surface area contributed by atoms with Gasteiger partial charge in [0.1, 0.15) is 0 Å². The molecule has 2 saturated heterocycles. The molecule has 0 saturated carbocycles. The van der Waals surface area contributed by atoms with Crippen LogP contribution in [0, 0.1) is 6.92 Å². The zero-order chi connectivity index (χ0) is 20.6. The Kier molecular flexibility index (Phi) is 6.90. The fourth-order valence-corrected chi connectivity index (χ4v) is 4.36. The lowest BCUT2D eigenvalue weighted by Crippen LogP contribution is -2.49. The van der Waals surface area contributed by atoms with Gasteiger partial charge in [-0.05, 0) is 25.5 Å². The molecule has 0 aliphatic carbocycles. The van der Waals surface area contributed by atoms with Gasteiger partial charge in [-0.15, -0.1) is 12.4 Å². The molecule has 30 heavy (non-hydrogen) atoms. The van der Waals surface area contributed by atoms with Crippen LogP contribution in [0.5, 0.6) is 0 Å². The van der Waals surface area contributed by atoms with E-state index in [2.05, 4.69) is 62.2 Å². The average Bonchev–Trinajstić information content (AvgIpc) is 3.36. The third kappa shape index (κ3) is 4.71. The number of aryl methyl sites for hydroxylation is 1. The van der Waals surface area contributed by atoms with E-state index in [1.165, 1.54) is 5.56 Å². The molecular formula is C23H34ClN5O. The van der Waals surface area contributed by atoms with Gasteiger partial charge in [-0.2, -0.15) is 5.10 Å². The third-order valence-electron chi connectivity index (χ3n) is 6.07. The number of benzene rings is 1. The Bertz CT molecular complexity index is 865. The predicted octanol–water partition coefficient (Wildman–Crippen LogP) is 3.02. The van der Waals surface area contributed by atoms with Crippen LogP contribution in [0.4, 0.5) is 0 Å². The highest BCUT2D eigenvalue weighted by molar-refractivity contribution is 5.95. The fraction of sp³-hybridized carbons (Fsp3) is 0.565. The van der Waals surface area contributed by atoms with Gasteiger partial charge in [0.2, 0.25) is 0 Å². The number of likely N-dealkylation sites (tertiary alicyclic amines) is 1. The highest BCUT2D eigenvalue weighted by Gasteiger charge is 2.34. The van der Waals surface area contributed by atoms with Gasteiger partial charge in [-0.25, -0.2) is 4.68 Å². The Balaban J connectivity index is 0.00000256. The van der Waals surface area contributed by atoms with Crippen molar-refractivity contribution in [3.8, 4) is 5.69 Å². The smallest absolute Gasteiger partial charge is 0.257 e. The SMILES string of the molecule is Cc1ccc(-n2cc(C(=O)N3CCC(N4CCNCC4)C3)c(C(C)(C)C)n2)cc1.Cl. The molecule has 2 aliphatic heterocycles. The molecule has 6 nitrogen and oxygen atoms in total. The topological polar surface area (TPSA) is 53.4 Å². The highest BCUT2D eigenvalue weighted by atomic mass is 35.5. The predicted molar refractivity (Wildman–Crippen MR) is 123 cm³/mol. The molecule has 1 aromatic carbocycles. The van der Waals surface area contributed by atoms with E-state index in [4.69, 9.17) is 5.10 Å². The summed E-state index contributed by atoms with van der Waals surface area (Å²) in [5.41, 5.74) is 3.61. The van der Waals surface area contributed by atoms with Gasteiger partial charge >= 0.3 is 0 Å². The monoisotopic (exact) mass is 431 g/mol. The Hall–Kier alpha value is -1.89. The summed E-state index contributed by atoms with van der Waals surface area (Å²) in [7, 11) is 0. The summed E-state index contributed by atoms with van der Waals surface area (Å²) in [4.78, 5) is 18.0. The minimum Gasteiger partial charge on any atom is -0.337 e. The standard InChI is InChI=1S/C23H33N5O.ClH/c1-17-5-7-18(8-6-17)28-16-20(21(25-28)23(2,3)4)22(29)27-12-9-19(15-27)26-13-10-24-11-14-26;/h5-8,16,19,24H,9-15H2,1-4H3;1H. The third-order valence-corrected chi connectivity index (χ3v) is 6.07. The van der Waals surface area contributed by atoms with Crippen LogP contribution >= 0.6 is 12.4 Å². The first-order valence-electron chi connectivity index (χ1n) is 10.7. The summed E-state index contributed by atoms with van der Waals surface area (Å²) >= 11 is 0. The van der Waals surface area contributed by atoms with Crippen molar-refractivity contribution >= 4 is 18.3 Å². The van der Waals surface area contributed by atoms with E-state index in [1.807, 2.05) is 15.8 Å². The number of aromatic nitrogens is 2. The average molecular weight is 432 g/mol. The van der Waals surface area contributed by atoms with Crippen molar-refractivity contribution in [2.45, 2.75) is 45.6 Å². The molecule has 3 heterocycles. The van der Waals surface area contributed by atoms with Crippen LogP contribution < -0.4 is 5.32 Å². The molecule has 2 aliphatic rings. The number of nitrogens with zero attached hydrogens (tertiary/aromatic N) is 4. The van der Waals surface area contributed by atoms with Gasteiger partial charge in [0, 0.05) is 56.9 Å². The van der Waals surface area contributed by atoms with E-state index in [1.54, 1.807) is 0 Å². The molecule has 1 aromatic heterocycles. The van der Waals surface area contributed by atoms with Crippen molar-refractivity contribution in [2.24, 2.45) is 0 Å². The van der Waals surface area contributed by atoms with Crippen molar-refractivity contribution in [1.29, 1.82) is 0 Å². The first kappa shape index (κ1) is 22.8. The number of nitrogens with one attached hydrogen (secondary N) is 1. The van der Waals surface area contributed by atoms with Crippen LogP contribution in [-0.2, 0) is 5.41 Å². The summed E-state index contributed by atoms with van der Waals surface area (Å²) in [5, 5.41) is 8.24. The van der Waals surface area contributed by atoms with E-state index in [0.717, 1.165) is 62.6 Å². The molecule has 0 spiro atoms. The Morgan fingerprint density at radius 3 is 2.40 bits per heavy atom. The number of rotatable bonds is 3. The molecule has 4 rings (SSSR count). The number of hydrogen-bond acceptors (Lipinski definition) is 4. The van der Waals surface area contributed by atoms with E-state index in [9.17, 15) is 4.79 Å². The molecule has 2 aromatic rings. The quantitative estimate of drug-likeness (QED) is 0.811. The fourth-order valence-electron chi connectivity index (χ4n) is 4.36. The highest BCUT2D eigenvalue weighted by Crippen LogP contribution is 2.28. The second-order valence-electron chi connectivity index (χ2n) is 9.40. The summed E-state index contributed by atoms with van der Waals surface area (Å²) in [6, 6.07) is 8.74. The molecule has 7 heteroatoms. The number of hydrogen-bond donors (Lipinski definition) is 1. The van der Waals surface area contributed by atoms with Crippen LogP contribution in [-0.4, -0.2) is 70.8 Å². The summed E-state index contributed by atoms with van der Waals surface area (Å²) < 4.78 is 1.86. The molecule has 2 fully saturated rings. The molecule has 1 amide bonds. The number of piperazine rings is 1. The molecule has 1 N–H and O–H groups in total. The van der Waals surface area contributed by atoms with Crippen molar-refractivity contribution in [2.75, 3.05) is 39.3 Å². The molecule has 0 bridgehead atoms. The second kappa shape index (κ2) is 9.08. The van der Waals surface area contributed by atoms with Crippen molar-refractivity contribution in [3.63, 3.8) is 0 Å². The second-order valence-corrected chi connectivity index (χ2v) is 9.40. The van der Waals surface area contributed by atoms with E-state index in [-0.39, 0.29) is 23.7 Å². The molecule has 1 atom stereocenters. The molecule has 1 unspecified atom stereocenters. The number of halogens is 1. The lowest BCUT2D eigenvalue weighted by atomic mass is 9.89. The Morgan fingerprint density at radius 1 is 1.10 bits per heavy atom. The van der Waals surface area contributed by atoms with Gasteiger partial charge in [-0.3, -0.25) is 9.69 Å². The van der Waals surface area contributed by atoms with Crippen molar-refractivity contribution in [3.05, 3.63) is 47.3 Å². The van der Waals surface area contributed by atoms with Gasteiger partial charge in [0.25, 0.3) is 5.91 Å². The van der Waals surface area contributed by atoms with E-state index in [0.29, 0.717) is 6.04 Å².